The van der Waals surface area contributed by atoms with Gasteiger partial charge in [-0.25, -0.2) is 13.5 Å². The third kappa shape index (κ3) is 5.19. The molecule has 1 aliphatic rings. The van der Waals surface area contributed by atoms with Crippen molar-refractivity contribution in [3.63, 3.8) is 0 Å². The molecule has 9 nitrogen and oxygen atoms in total. The Kier molecular flexibility index (Phi) is 6.89. The molecule has 1 fully saturated rings. The molecule has 2 N–H and O–H groups in total. The zero-order valence-corrected chi connectivity index (χ0v) is 23.9. The van der Waals surface area contributed by atoms with E-state index in [0.717, 1.165) is 16.3 Å². The summed E-state index contributed by atoms with van der Waals surface area (Å²) in [5.74, 6) is 0. The first-order valence-electron chi connectivity index (χ1n) is 13.9. The molecule has 0 amide bonds. The molecule has 0 bridgehead atoms. The van der Waals surface area contributed by atoms with Gasteiger partial charge in [-0.3, -0.25) is 9.97 Å². The SMILES string of the molecule is CC(C)(C)CNc1c(C#N)cnc2c(C#N)cc(NC(c3cn(C4(C(F)F)CC4)nn3)c3cccc4cnccc34)cc12. The fourth-order valence-electron chi connectivity index (χ4n) is 5.28. The van der Waals surface area contributed by atoms with Crippen LogP contribution in [0.3, 0.4) is 0 Å². The molecule has 1 aliphatic carbocycles. The maximum absolute atomic E-state index is 13.9. The summed E-state index contributed by atoms with van der Waals surface area (Å²) >= 11 is 0. The molecule has 3 aromatic heterocycles. The molecule has 3 heterocycles. The third-order valence-electron chi connectivity index (χ3n) is 7.78. The Morgan fingerprint density at radius 2 is 1.84 bits per heavy atom. The number of nitrogens with one attached hydrogen (secondary N) is 2. The molecule has 11 heteroatoms. The lowest BCUT2D eigenvalue weighted by atomic mass is 9.96. The van der Waals surface area contributed by atoms with Gasteiger partial charge in [0.25, 0.3) is 6.43 Å². The summed E-state index contributed by atoms with van der Waals surface area (Å²) in [4.78, 5) is 8.68. The van der Waals surface area contributed by atoms with E-state index in [0.29, 0.717) is 58.5 Å². The average Bonchev–Trinajstić information content (AvgIpc) is 3.67. The van der Waals surface area contributed by atoms with Gasteiger partial charge in [-0.15, -0.1) is 5.10 Å². The van der Waals surface area contributed by atoms with Crippen molar-refractivity contribution >= 4 is 33.1 Å². The maximum Gasteiger partial charge on any atom is 0.263 e. The second-order valence-electron chi connectivity index (χ2n) is 12.1. The highest BCUT2D eigenvalue weighted by Gasteiger charge is 2.54. The fraction of sp³-hybridized carbons (Fsp3) is 0.312. The second-order valence-corrected chi connectivity index (χ2v) is 12.1. The Balaban J connectivity index is 1.51. The molecule has 43 heavy (non-hydrogen) atoms. The number of benzene rings is 2. The number of hydrogen-bond donors (Lipinski definition) is 2. The molecule has 0 spiro atoms. The zero-order valence-electron chi connectivity index (χ0n) is 23.9. The van der Waals surface area contributed by atoms with Crippen molar-refractivity contribution in [1.82, 2.24) is 25.0 Å². The van der Waals surface area contributed by atoms with Gasteiger partial charge >= 0.3 is 0 Å². The Morgan fingerprint density at radius 3 is 2.53 bits per heavy atom. The average molecular weight is 578 g/mol. The van der Waals surface area contributed by atoms with Crippen LogP contribution in [0.2, 0.25) is 0 Å². The lowest BCUT2D eigenvalue weighted by molar-refractivity contribution is 0.0593. The van der Waals surface area contributed by atoms with Crippen LogP contribution in [0.1, 0.15) is 62.0 Å². The monoisotopic (exact) mass is 577 g/mol. The van der Waals surface area contributed by atoms with Crippen LogP contribution >= 0.6 is 0 Å². The third-order valence-corrected chi connectivity index (χ3v) is 7.78. The highest BCUT2D eigenvalue weighted by Crippen LogP contribution is 2.48. The van der Waals surface area contributed by atoms with Crippen LogP contribution in [0.25, 0.3) is 21.7 Å². The number of hydrogen-bond acceptors (Lipinski definition) is 8. The van der Waals surface area contributed by atoms with E-state index in [1.54, 1.807) is 24.7 Å². The molecule has 2 aromatic carbocycles. The molecular formula is C32H29F2N9. The van der Waals surface area contributed by atoms with E-state index in [9.17, 15) is 19.3 Å². The first-order chi connectivity index (χ1) is 20.6. The number of anilines is 2. The summed E-state index contributed by atoms with van der Waals surface area (Å²) in [5, 5.41) is 37.8. The first-order valence-corrected chi connectivity index (χ1v) is 13.9. The number of alkyl halides is 2. The number of fused-ring (bicyclic) bond motifs is 2. The van der Waals surface area contributed by atoms with Crippen LogP contribution in [0, 0.1) is 28.1 Å². The van der Waals surface area contributed by atoms with E-state index >= 15 is 0 Å². The molecule has 5 aromatic rings. The predicted octanol–water partition coefficient (Wildman–Crippen LogP) is 6.53. The summed E-state index contributed by atoms with van der Waals surface area (Å²) < 4.78 is 29.2. The van der Waals surface area contributed by atoms with Gasteiger partial charge in [0.1, 0.15) is 23.4 Å². The Labute approximate surface area is 247 Å². The van der Waals surface area contributed by atoms with Crippen molar-refractivity contribution in [2.75, 3.05) is 17.2 Å². The van der Waals surface area contributed by atoms with E-state index < -0.39 is 18.0 Å². The molecule has 1 atom stereocenters. The summed E-state index contributed by atoms with van der Waals surface area (Å²) in [6.07, 6.45) is 4.62. The number of pyridine rings is 2. The smallest absolute Gasteiger partial charge is 0.263 e. The van der Waals surface area contributed by atoms with Gasteiger partial charge < -0.3 is 10.6 Å². The molecule has 0 aliphatic heterocycles. The van der Waals surface area contributed by atoms with E-state index in [1.807, 2.05) is 30.3 Å². The minimum Gasteiger partial charge on any atom is -0.383 e. The van der Waals surface area contributed by atoms with Crippen LogP contribution < -0.4 is 10.6 Å². The first kappa shape index (κ1) is 28.0. The highest BCUT2D eigenvalue weighted by atomic mass is 19.3. The number of halogens is 2. The van der Waals surface area contributed by atoms with Gasteiger partial charge in [0, 0.05) is 41.6 Å². The normalized spacial score (nSPS) is 14.8. The number of aromatic nitrogens is 5. The van der Waals surface area contributed by atoms with Crippen molar-refractivity contribution in [3.8, 4) is 12.1 Å². The van der Waals surface area contributed by atoms with Gasteiger partial charge in [0.15, 0.2) is 0 Å². The van der Waals surface area contributed by atoms with Crippen molar-refractivity contribution in [2.45, 2.75) is 51.6 Å². The standard InChI is InChI=1S/C32H29F2N9/c1-31(2,3)18-39-28-21(14-36)16-38-27-20(13-35)11-22(12-25(27)28)40-29(24-6-4-5-19-15-37-10-7-23(19)24)26-17-43(42-41-26)32(8-9-32)30(33)34/h4-7,10-12,15-17,29-30,40H,8-9,18H2,1-3H3,(H,38,39). The minimum atomic E-state index is -2.56. The van der Waals surface area contributed by atoms with E-state index in [2.05, 4.69) is 63.8 Å². The maximum atomic E-state index is 13.9. The molecule has 1 unspecified atom stereocenters. The fourth-order valence-corrected chi connectivity index (χ4v) is 5.28. The van der Waals surface area contributed by atoms with Gasteiger partial charge in [0.2, 0.25) is 0 Å². The summed E-state index contributed by atoms with van der Waals surface area (Å²) in [6.45, 7) is 6.84. The van der Waals surface area contributed by atoms with Crippen molar-refractivity contribution < 1.29 is 8.78 Å². The van der Waals surface area contributed by atoms with Gasteiger partial charge in [-0.1, -0.05) is 44.2 Å². The Morgan fingerprint density at radius 1 is 1.05 bits per heavy atom. The zero-order chi connectivity index (χ0) is 30.4. The van der Waals surface area contributed by atoms with Gasteiger partial charge in [0.05, 0.1) is 34.6 Å². The summed E-state index contributed by atoms with van der Waals surface area (Å²) in [5.41, 5.74) is 2.19. The van der Waals surface area contributed by atoms with E-state index in [1.165, 1.54) is 10.9 Å². The van der Waals surface area contributed by atoms with Gasteiger partial charge in [-0.2, -0.15) is 10.5 Å². The summed E-state index contributed by atoms with van der Waals surface area (Å²) in [6, 6.07) is 15.1. The minimum absolute atomic E-state index is 0.0759. The van der Waals surface area contributed by atoms with Crippen LogP contribution in [0.5, 0.6) is 0 Å². The molecule has 1 saturated carbocycles. The lowest BCUT2D eigenvalue weighted by Crippen LogP contribution is -2.26. The van der Waals surface area contributed by atoms with Crippen LogP contribution in [0.15, 0.2) is 61.2 Å². The molecule has 6 rings (SSSR count). The van der Waals surface area contributed by atoms with Gasteiger partial charge in [-0.05, 0) is 47.4 Å². The highest BCUT2D eigenvalue weighted by molar-refractivity contribution is 5.99. The number of rotatable bonds is 8. The molecule has 0 saturated heterocycles. The second kappa shape index (κ2) is 10.6. The molecule has 216 valence electrons. The largest absolute Gasteiger partial charge is 0.383 e. The van der Waals surface area contributed by atoms with Crippen molar-refractivity contribution in [3.05, 3.63) is 83.6 Å². The lowest BCUT2D eigenvalue weighted by Gasteiger charge is -2.23. The van der Waals surface area contributed by atoms with E-state index in [-0.39, 0.29) is 5.41 Å². The topological polar surface area (TPSA) is 128 Å². The Hall–Kier alpha value is -5.16. The number of nitriles is 2. The van der Waals surface area contributed by atoms with E-state index in [4.69, 9.17) is 0 Å². The molecular weight excluding hydrogens is 548 g/mol. The van der Waals surface area contributed by atoms with Crippen molar-refractivity contribution in [2.24, 2.45) is 5.41 Å². The summed E-state index contributed by atoms with van der Waals surface area (Å²) in [7, 11) is 0. The Bertz CT molecular complexity index is 1920. The van der Waals surface area contributed by atoms with Crippen LogP contribution in [-0.2, 0) is 5.54 Å². The van der Waals surface area contributed by atoms with Crippen LogP contribution in [-0.4, -0.2) is 37.9 Å². The quantitative estimate of drug-likeness (QED) is 0.213. The predicted molar refractivity (Wildman–Crippen MR) is 160 cm³/mol. The molecule has 0 radical (unpaired) electrons. The number of nitrogens with zero attached hydrogens (tertiary/aromatic N) is 7. The van der Waals surface area contributed by atoms with Crippen molar-refractivity contribution in [1.29, 1.82) is 10.5 Å². The van der Waals surface area contributed by atoms with Crippen LogP contribution in [0.4, 0.5) is 20.2 Å².